The molecule has 0 unspecified atom stereocenters. The van der Waals surface area contributed by atoms with Gasteiger partial charge in [0.1, 0.15) is 12.4 Å². The van der Waals surface area contributed by atoms with Crippen LogP contribution in [-0.4, -0.2) is 16.8 Å². The predicted molar refractivity (Wildman–Crippen MR) is 144 cm³/mol. The molecule has 0 radical (unpaired) electrons. The summed E-state index contributed by atoms with van der Waals surface area (Å²) < 4.78 is 13.7. The second-order valence-corrected chi connectivity index (χ2v) is 10.0. The Bertz CT molecular complexity index is 1320. The number of carbonyl (C=O) groups excluding carboxylic acids is 1. The van der Waals surface area contributed by atoms with Crippen molar-refractivity contribution in [1.29, 1.82) is 0 Å². The molecule has 1 aliphatic rings. The summed E-state index contributed by atoms with van der Waals surface area (Å²) in [6.45, 7) is 0.194. The van der Waals surface area contributed by atoms with Gasteiger partial charge in [0.15, 0.2) is 5.70 Å². The van der Waals surface area contributed by atoms with Crippen LogP contribution in [0.2, 0.25) is 0 Å². The van der Waals surface area contributed by atoms with E-state index in [1.54, 1.807) is 18.2 Å². The van der Waals surface area contributed by atoms with E-state index in [4.69, 9.17) is 9.47 Å². The van der Waals surface area contributed by atoms with Crippen LogP contribution in [0.1, 0.15) is 16.7 Å². The Balaban J connectivity index is 1.55. The van der Waals surface area contributed by atoms with Crippen molar-refractivity contribution in [3.05, 3.63) is 105 Å². The lowest BCUT2D eigenvalue weighted by Crippen LogP contribution is -2.05. The van der Waals surface area contributed by atoms with E-state index >= 15 is 0 Å². The molecule has 0 N–H and O–H groups in total. The Morgan fingerprint density at radius 1 is 1.09 bits per heavy atom. The lowest BCUT2D eigenvalue weighted by atomic mass is 10.2. The minimum atomic E-state index is -0.517. The molecule has 0 saturated heterocycles. The van der Waals surface area contributed by atoms with Gasteiger partial charge in [-0.25, -0.2) is 9.79 Å². The number of ether oxygens (including phenoxy) is 2. The molecule has 166 valence electrons. The first-order valence-electron chi connectivity index (χ1n) is 9.44. The highest BCUT2D eigenvalue weighted by Gasteiger charge is 2.25. The van der Waals surface area contributed by atoms with Crippen LogP contribution in [0.4, 0.5) is 5.69 Å². The summed E-state index contributed by atoms with van der Waals surface area (Å²) in [6.07, 6.45) is 1.67. The van der Waals surface area contributed by atoms with Gasteiger partial charge in [0.2, 0.25) is 5.90 Å². The van der Waals surface area contributed by atoms with Crippen LogP contribution in [0.15, 0.2) is 75.8 Å². The molecule has 3 aromatic carbocycles. The molecule has 0 fully saturated rings. The van der Waals surface area contributed by atoms with Crippen molar-refractivity contribution < 1.29 is 19.2 Å². The van der Waals surface area contributed by atoms with Gasteiger partial charge in [0.05, 0.1) is 17.6 Å². The number of aliphatic imine (C=N–C) groups is 1. The summed E-state index contributed by atoms with van der Waals surface area (Å²) in [5, 5.41) is 11.0. The van der Waals surface area contributed by atoms with Gasteiger partial charge in [0, 0.05) is 16.6 Å². The van der Waals surface area contributed by atoms with Gasteiger partial charge in [-0.15, -0.1) is 0 Å². The standard InChI is InChI=1S/C23H13BrI2N2O5/c24-17-7-2-1-6-16(17)22-27-20(23(29)33-22)11-14-9-18(25)21(19(26)10-14)32-12-13-4-3-5-15(8-13)28(30)31/h1-11H,12H2/b20-11-. The average molecular weight is 731 g/mol. The molecule has 10 heteroatoms. The molecule has 0 aliphatic carbocycles. The molecule has 0 atom stereocenters. The SMILES string of the molecule is O=C1OC(c2ccccc2Br)=N/C1=C\c1cc(I)c(OCc2cccc([N+](=O)[O-])c2)c(I)c1. The zero-order valence-electron chi connectivity index (χ0n) is 16.6. The summed E-state index contributed by atoms with van der Waals surface area (Å²) >= 11 is 7.75. The molecule has 0 bridgehead atoms. The topological polar surface area (TPSA) is 91.0 Å². The number of carbonyl (C=O) groups is 1. The van der Waals surface area contributed by atoms with Gasteiger partial charge in [-0.3, -0.25) is 10.1 Å². The fraction of sp³-hybridized carbons (Fsp3) is 0.0435. The number of rotatable bonds is 6. The highest BCUT2D eigenvalue weighted by molar-refractivity contribution is 14.1. The van der Waals surface area contributed by atoms with E-state index in [-0.39, 0.29) is 23.9 Å². The first-order chi connectivity index (χ1) is 15.8. The van der Waals surface area contributed by atoms with Crippen LogP contribution in [0.5, 0.6) is 5.75 Å². The number of nitro benzene ring substituents is 1. The summed E-state index contributed by atoms with van der Waals surface area (Å²) in [4.78, 5) is 27.2. The van der Waals surface area contributed by atoms with Gasteiger partial charge in [-0.1, -0.05) is 24.3 Å². The van der Waals surface area contributed by atoms with E-state index in [2.05, 4.69) is 66.1 Å². The largest absolute Gasteiger partial charge is 0.487 e. The average Bonchev–Trinajstić information content (AvgIpc) is 3.13. The summed E-state index contributed by atoms with van der Waals surface area (Å²) in [5.41, 5.74) is 2.40. The van der Waals surface area contributed by atoms with Crippen LogP contribution in [-0.2, 0) is 16.1 Å². The highest BCUT2D eigenvalue weighted by Crippen LogP contribution is 2.32. The number of hydrogen-bond acceptors (Lipinski definition) is 6. The van der Waals surface area contributed by atoms with Crippen LogP contribution < -0.4 is 4.74 Å². The van der Waals surface area contributed by atoms with E-state index in [0.717, 1.165) is 17.2 Å². The van der Waals surface area contributed by atoms with Crippen LogP contribution in [0.25, 0.3) is 6.08 Å². The quantitative estimate of drug-likeness (QED) is 0.0952. The van der Waals surface area contributed by atoms with E-state index in [1.165, 1.54) is 12.1 Å². The maximum absolute atomic E-state index is 12.3. The normalized spacial score (nSPS) is 14.2. The van der Waals surface area contributed by atoms with Crippen LogP contribution in [0, 0.1) is 17.3 Å². The Labute approximate surface area is 224 Å². The first-order valence-corrected chi connectivity index (χ1v) is 12.4. The number of non-ortho nitro benzene ring substituents is 1. The Hall–Kier alpha value is -2.32. The summed E-state index contributed by atoms with van der Waals surface area (Å²) in [5.74, 6) is 0.396. The molecule has 0 spiro atoms. The van der Waals surface area contributed by atoms with Crippen molar-refractivity contribution in [1.82, 2.24) is 0 Å². The van der Waals surface area contributed by atoms with Crippen molar-refractivity contribution in [2.75, 3.05) is 0 Å². The van der Waals surface area contributed by atoms with E-state index in [9.17, 15) is 14.9 Å². The smallest absolute Gasteiger partial charge is 0.363 e. The molecule has 33 heavy (non-hydrogen) atoms. The number of hydrogen-bond donors (Lipinski definition) is 0. The van der Waals surface area contributed by atoms with E-state index in [1.807, 2.05) is 36.4 Å². The molecular weight excluding hydrogens is 718 g/mol. The molecule has 7 nitrogen and oxygen atoms in total. The third-order valence-electron chi connectivity index (χ3n) is 4.55. The zero-order valence-corrected chi connectivity index (χ0v) is 22.5. The van der Waals surface area contributed by atoms with Crippen LogP contribution in [0.3, 0.4) is 0 Å². The monoisotopic (exact) mass is 730 g/mol. The summed E-state index contributed by atoms with van der Waals surface area (Å²) in [6, 6.07) is 17.5. The van der Waals surface area contributed by atoms with Gasteiger partial charge in [-0.2, -0.15) is 0 Å². The first kappa shape index (κ1) is 23.8. The lowest BCUT2D eigenvalue weighted by Gasteiger charge is -2.11. The molecule has 0 saturated carbocycles. The van der Waals surface area contributed by atoms with Gasteiger partial charge in [-0.05, 0) is 103 Å². The van der Waals surface area contributed by atoms with Crippen molar-refractivity contribution in [3.8, 4) is 5.75 Å². The third kappa shape index (κ3) is 5.61. The molecule has 0 aromatic heterocycles. The molecule has 4 rings (SSSR count). The second kappa shape index (κ2) is 10.3. The molecule has 0 amide bonds. The summed E-state index contributed by atoms with van der Waals surface area (Å²) in [7, 11) is 0. The number of nitrogens with zero attached hydrogens (tertiary/aromatic N) is 2. The molecule has 1 aliphatic heterocycles. The van der Waals surface area contributed by atoms with Gasteiger partial charge < -0.3 is 9.47 Å². The number of esters is 1. The fourth-order valence-corrected chi connectivity index (χ4v) is 5.61. The minimum Gasteiger partial charge on any atom is -0.487 e. The van der Waals surface area contributed by atoms with Gasteiger partial charge >= 0.3 is 5.97 Å². The number of cyclic esters (lactones) is 1. The fourth-order valence-electron chi connectivity index (χ4n) is 3.03. The highest BCUT2D eigenvalue weighted by atomic mass is 127. The zero-order chi connectivity index (χ0) is 23.5. The maximum Gasteiger partial charge on any atom is 0.363 e. The number of halogens is 3. The van der Waals surface area contributed by atoms with Crippen molar-refractivity contribution in [2.45, 2.75) is 6.61 Å². The van der Waals surface area contributed by atoms with Crippen LogP contribution >= 0.6 is 61.1 Å². The van der Waals surface area contributed by atoms with Gasteiger partial charge in [0.25, 0.3) is 5.69 Å². The molecular formula is C23H13BrI2N2O5. The molecule has 1 heterocycles. The van der Waals surface area contributed by atoms with Crippen molar-refractivity contribution in [2.24, 2.45) is 4.99 Å². The maximum atomic E-state index is 12.3. The Morgan fingerprint density at radius 3 is 2.52 bits per heavy atom. The van der Waals surface area contributed by atoms with E-state index in [0.29, 0.717) is 16.9 Å². The minimum absolute atomic E-state index is 0.0216. The van der Waals surface area contributed by atoms with E-state index < -0.39 is 10.9 Å². The number of nitro groups is 1. The number of benzene rings is 3. The molecule has 3 aromatic rings. The predicted octanol–water partition coefficient (Wildman–Crippen LogP) is 6.49. The second-order valence-electron chi connectivity index (χ2n) is 6.85. The van der Waals surface area contributed by atoms with Crippen molar-refractivity contribution in [3.63, 3.8) is 0 Å². The van der Waals surface area contributed by atoms with Crippen molar-refractivity contribution >= 4 is 84.7 Å². The Kier molecular flexibility index (Phi) is 7.44. The Morgan fingerprint density at radius 2 is 1.82 bits per heavy atom. The third-order valence-corrected chi connectivity index (χ3v) is 6.85. The lowest BCUT2D eigenvalue weighted by molar-refractivity contribution is -0.384.